The maximum absolute atomic E-state index is 5.79. The van der Waals surface area contributed by atoms with Gasteiger partial charge in [0.05, 0.1) is 12.6 Å². The largest absolute Gasteiger partial charge is 0.493 e. The molecule has 6 heteroatoms. The van der Waals surface area contributed by atoms with Crippen LogP contribution < -0.4 is 15.4 Å². The molecule has 0 aromatic heterocycles. The van der Waals surface area contributed by atoms with Gasteiger partial charge in [-0.3, -0.25) is 4.99 Å². The average molecular weight is 514 g/mol. The first-order valence-electron chi connectivity index (χ1n) is 11.1. The van der Waals surface area contributed by atoms with Crippen molar-refractivity contribution in [1.82, 2.24) is 15.5 Å². The van der Waals surface area contributed by atoms with Crippen LogP contribution in [0.4, 0.5) is 0 Å². The van der Waals surface area contributed by atoms with E-state index in [1.54, 1.807) is 0 Å². The smallest absolute Gasteiger partial charge is 0.191 e. The molecule has 0 radical (unpaired) electrons. The van der Waals surface area contributed by atoms with Gasteiger partial charge in [0.15, 0.2) is 5.96 Å². The minimum absolute atomic E-state index is 0. The molecule has 29 heavy (non-hydrogen) atoms. The van der Waals surface area contributed by atoms with Gasteiger partial charge >= 0.3 is 0 Å². The van der Waals surface area contributed by atoms with Crippen molar-refractivity contribution in [3.63, 3.8) is 0 Å². The number of hydrogen-bond donors (Lipinski definition) is 2. The lowest BCUT2D eigenvalue weighted by atomic mass is 10.1. The van der Waals surface area contributed by atoms with Crippen molar-refractivity contribution in [2.45, 2.75) is 59.0 Å². The highest BCUT2D eigenvalue weighted by Crippen LogP contribution is 2.31. The van der Waals surface area contributed by atoms with Gasteiger partial charge in [-0.05, 0) is 69.2 Å². The van der Waals surface area contributed by atoms with Crippen LogP contribution in [0.3, 0.4) is 0 Å². The monoisotopic (exact) mass is 514 g/mol. The van der Waals surface area contributed by atoms with Crippen LogP contribution in [0.5, 0.6) is 5.75 Å². The topological polar surface area (TPSA) is 48.9 Å². The molecule has 2 atom stereocenters. The Morgan fingerprint density at radius 2 is 1.90 bits per heavy atom. The molecule has 2 unspecified atom stereocenters. The van der Waals surface area contributed by atoms with E-state index in [0.717, 1.165) is 37.4 Å². The van der Waals surface area contributed by atoms with Crippen molar-refractivity contribution in [1.29, 1.82) is 0 Å². The molecule has 1 aromatic rings. The van der Waals surface area contributed by atoms with Crippen LogP contribution in [-0.2, 0) is 0 Å². The van der Waals surface area contributed by atoms with Gasteiger partial charge in [-0.25, -0.2) is 0 Å². The van der Waals surface area contributed by atoms with Crippen LogP contribution in [0.15, 0.2) is 29.3 Å². The number of rotatable bonds is 9. The maximum Gasteiger partial charge on any atom is 0.191 e. The van der Waals surface area contributed by atoms with E-state index in [1.807, 2.05) is 0 Å². The third kappa shape index (κ3) is 7.96. The lowest BCUT2D eigenvalue weighted by Gasteiger charge is -2.19. The molecule has 1 aromatic carbocycles. The Morgan fingerprint density at radius 1 is 1.17 bits per heavy atom. The maximum atomic E-state index is 5.79. The molecule has 0 spiro atoms. The molecule has 2 aliphatic rings. The quantitative estimate of drug-likeness (QED) is 0.291. The van der Waals surface area contributed by atoms with Gasteiger partial charge in [-0.15, -0.1) is 24.0 Å². The summed E-state index contributed by atoms with van der Waals surface area (Å²) in [4.78, 5) is 7.54. The van der Waals surface area contributed by atoms with Gasteiger partial charge in [-0.2, -0.15) is 0 Å². The number of halogens is 1. The average Bonchev–Trinajstić information content (AvgIpc) is 3.43. The molecule has 0 amide bonds. The molecule has 1 saturated heterocycles. The van der Waals surface area contributed by atoms with Crippen LogP contribution >= 0.6 is 24.0 Å². The molecule has 1 heterocycles. The molecule has 1 aliphatic heterocycles. The predicted molar refractivity (Wildman–Crippen MR) is 132 cm³/mol. The molecular weight excluding hydrogens is 475 g/mol. The summed E-state index contributed by atoms with van der Waals surface area (Å²) in [5.74, 6) is 3.09. The second-order valence-corrected chi connectivity index (χ2v) is 8.74. The molecule has 5 nitrogen and oxygen atoms in total. The summed E-state index contributed by atoms with van der Waals surface area (Å²) >= 11 is 0. The van der Waals surface area contributed by atoms with Crippen molar-refractivity contribution in [3.05, 3.63) is 29.8 Å². The van der Waals surface area contributed by atoms with Crippen molar-refractivity contribution < 1.29 is 4.74 Å². The van der Waals surface area contributed by atoms with E-state index in [2.05, 4.69) is 67.5 Å². The number of hydrogen-bond acceptors (Lipinski definition) is 3. The van der Waals surface area contributed by atoms with Gasteiger partial charge in [0.1, 0.15) is 5.75 Å². The number of guanidine groups is 1. The first-order valence-corrected chi connectivity index (χ1v) is 11.1. The zero-order valence-corrected chi connectivity index (χ0v) is 20.8. The van der Waals surface area contributed by atoms with Gasteiger partial charge in [0, 0.05) is 25.7 Å². The number of nitrogens with zero attached hydrogens (tertiary/aromatic N) is 2. The Kier molecular flexibility index (Phi) is 10.0. The van der Waals surface area contributed by atoms with Crippen molar-refractivity contribution in [2.24, 2.45) is 16.8 Å². The number of ether oxygens (including phenoxy) is 1. The van der Waals surface area contributed by atoms with Crippen LogP contribution in [0, 0.1) is 11.8 Å². The van der Waals surface area contributed by atoms with Crippen LogP contribution in [-0.4, -0.2) is 49.7 Å². The highest BCUT2D eigenvalue weighted by molar-refractivity contribution is 14.0. The number of nitrogens with one attached hydrogen (secondary N) is 2. The zero-order valence-electron chi connectivity index (χ0n) is 18.5. The minimum atomic E-state index is 0. The van der Waals surface area contributed by atoms with E-state index in [4.69, 9.17) is 9.73 Å². The summed E-state index contributed by atoms with van der Waals surface area (Å²) in [6, 6.07) is 9.48. The lowest BCUT2D eigenvalue weighted by molar-refractivity contribution is 0.271. The summed E-state index contributed by atoms with van der Waals surface area (Å²) in [7, 11) is 0. The van der Waals surface area contributed by atoms with Gasteiger partial charge in [-0.1, -0.05) is 26.0 Å². The summed E-state index contributed by atoms with van der Waals surface area (Å²) in [6.45, 7) is 13.6. The summed E-state index contributed by atoms with van der Waals surface area (Å²) in [5.41, 5.74) is 1.24. The SMILES string of the molecule is CCNC(=NCC1CCN(C2CC2)C1)NC(C)c1ccc(OCC(C)C)cc1.I. The number of likely N-dealkylation sites (tertiary alicyclic amines) is 1. The normalized spacial score (nSPS) is 21.0. The number of aliphatic imine (C=N–C) groups is 1. The fraction of sp³-hybridized carbons (Fsp3) is 0.696. The summed E-state index contributed by atoms with van der Waals surface area (Å²) in [6.07, 6.45) is 4.09. The molecule has 1 saturated carbocycles. The lowest BCUT2D eigenvalue weighted by Crippen LogP contribution is -2.39. The van der Waals surface area contributed by atoms with E-state index >= 15 is 0 Å². The van der Waals surface area contributed by atoms with Gasteiger partial charge < -0.3 is 20.3 Å². The van der Waals surface area contributed by atoms with E-state index < -0.39 is 0 Å². The van der Waals surface area contributed by atoms with Gasteiger partial charge in [0.25, 0.3) is 0 Å². The standard InChI is InChI=1S/C23H38N4O.HI/c1-5-24-23(25-14-19-12-13-27(15-19)21-8-9-21)26-18(4)20-6-10-22(11-7-20)28-16-17(2)3;/h6-7,10-11,17-19,21H,5,8-9,12-16H2,1-4H3,(H2,24,25,26);1H. The van der Waals surface area contributed by atoms with Crippen LogP contribution in [0.1, 0.15) is 58.6 Å². The minimum Gasteiger partial charge on any atom is -0.493 e. The van der Waals surface area contributed by atoms with E-state index in [1.165, 1.54) is 37.9 Å². The first kappa shape index (κ1) is 24.3. The zero-order chi connectivity index (χ0) is 19.9. The summed E-state index contributed by atoms with van der Waals surface area (Å²) < 4.78 is 5.79. The molecular formula is C23H39IN4O. The van der Waals surface area contributed by atoms with E-state index in [9.17, 15) is 0 Å². The molecule has 2 fully saturated rings. The predicted octanol–water partition coefficient (Wildman–Crippen LogP) is 4.44. The van der Waals surface area contributed by atoms with Crippen molar-refractivity contribution >= 4 is 29.9 Å². The van der Waals surface area contributed by atoms with Crippen LogP contribution in [0.2, 0.25) is 0 Å². The molecule has 164 valence electrons. The second kappa shape index (κ2) is 12.0. The summed E-state index contributed by atoms with van der Waals surface area (Å²) in [5, 5.41) is 6.96. The van der Waals surface area contributed by atoms with Crippen LogP contribution in [0.25, 0.3) is 0 Å². The van der Waals surface area contributed by atoms with E-state index in [0.29, 0.717) is 11.8 Å². The molecule has 0 bridgehead atoms. The number of benzene rings is 1. The molecule has 2 N–H and O–H groups in total. The Labute approximate surface area is 194 Å². The highest BCUT2D eigenvalue weighted by Gasteiger charge is 2.34. The fourth-order valence-corrected chi connectivity index (χ4v) is 3.73. The highest BCUT2D eigenvalue weighted by atomic mass is 127. The Bertz CT molecular complexity index is 630. The Balaban J connectivity index is 0.00000300. The molecule has 3 rings (SSSR count). The first-order chi connectivity index (χ1) is 13.5. The Hall–Kier alpha value is -1.02. The van der Waals surface area contributed by atoms with Gasteiger partial charge in [0.2, 0.25) is 0 Å². The molecule has 1 aliphatic carbocycles. The van der Waals surface area contributed by atoms with Crippen molar-refractivity contribution in [2.75, 3.05) is 32.8 Å². The third-order valence-electron chi connectivity index (χ3n) is 5.55. The Morgan fingerprint density at radius 3 is 2.52 bits per heavy atom. The third-order valence-corrected chi connectivity index (χ3v) is 5.55. The van der Waals surface area contributed by atoms with E-state index in [-0.39, 0.29) is 30.0 Å². The van der Waals surface area contributed by atoms with Crippen molar-refractivity contribution in [3.8, 4) is 5.75 Å². The fourth-order valence-electron chi connectivity index (χ4n) is 3.73. The second-order valence-electron chi connectivity index (χ2n) is 8.74.